The highest BCUT2D eigenvalue weighted by Gasteiger charge is 2.44. The fourth-order valence-corrected chi connectivity index (χ4v) is 4.58. The third-order valence-electron chi connectivity index (χ3n) is 3.32. The van der Waals surface area contributed by atoms with Crippen molar-refractivity contribution < 1.29 is 0 Å². The molecule has 0 bridgehead atoms. The zero-order valence-electron chi connectivity index (χ0n) is 9.02. The molecule has 0 aromatic carbocycles. The molecule has 2 aliphatic rings. The van der Waals surface area contributed by atoms with Crippen LogP contribution >= 0.6 is 11.8 Å². The molecule has 0 aromatic rings. The predicted molar refractivity (Wildman–Crippen MR) is 60.0 cm³/mol. The van der Waals surface area contributed by atoms with Crippen molar-refractivity contribution in [3.05, 3.63) is 0 Å². The molecule has 0 aromatic heterocycles. The molecule has 1 aliphatic heterocycles. The molecule has 76 valence electrons. The third kappa shape index (κ3) is 2.04. The van der Waals surface area contributed by atoms with Gasteiger partial charge in [0.1, 0.15) is 0 Å². The van der Waals surface area contributed by atoms with Gasteiger partial charge in [0.25, 0.3) is 0 Å². The van der Waals surface area contributed by atoms with Crippen molar-refractivity contribution in [1.29, 1.82) is 0 Å². The molecule has 2 atom stereocenters. The van der Waals surface area contributed by atoms with Crippen LogP contribution in [0.15, 0.2) is 0 Å². The molecule has 0 radical (unpaired) electrons. The van der Waals surface area contributed by atoms with Gasteiger partial charge in [-0.2, -0.15) is 0 Å². The molecule has 1 spiro atoms. The Hall–Kier alpha value is 0.310. The average Bonchev–Trinajstić information content (AvgIpc) is 2.29. The van der Waals surface area contributed by atoms with Crippen LogP contribution < -0.4 is 5.32 Å². The Labute approximate surface area is 86.0 Å². The molecular weight excluding hydrogens is 178 g/mol. The Kier molecular flexibility index (Phi) is 2.40. The Balaban J connectivity index is 2.07. The second-order valence-corrected chi connectivity index (χ2v) is 6.95. The number of hydrogen-bond donors (Lipinski definition) is 1. The summed E-state index contributed by atoms with van der Waals surface area (Å²) in [6.07, 6.45) is 5.55. The van der Waals surface area contributed by atoms with Crippen molar-refractivity contribution >= 4 is 11.8 Å². The molecular formula is C11H21NS. The summed E-state index contributed by atoms with van der Waals surface area (Å²) in [7, 11) is 0. The first-order chi connectivity index (χ1) is 6.02. The fourth-order valence-electron chi connectivity index (χ4n) is 2.87. The summed E-state index contributed by atoms with van der Waals surface area (Å²) in [6.45, 7) is 7.14. The van der Waals surface area contributed by atoms with Gasteiger partial charge in [0.15, 0.2) is 0 Å². The second-order valence-electron chi connectivity index (χ2n) is 5.55. The zero-order chi connectivity index (χ0) is 9.53. The molecule has 2 heteroatoms. The summed E-state index contributed by atoms with van der Waals surface area (Å²) in [5.41, 5.74) is 0.558. The van der Waals surface area contributed by atoms with Crippen LogP contribution in [-0.4, -0.2) is 16.7 Å². The van der Waals surface area contributed by atoms with Gasteiger partial charge in [0.2, 0.25) is 0 Å². The summed E-state index contributed by atoms with van der Waals surface area (Å²) in [5, 5.41) is 3.79. The van der Waals surface area contributed by atoms with Crippen molar-refractivity contribution in [2.45, 2.75) is 57.4 Å². The molecule has 0 amide bonds. The smallest absolute Gasteiger partial charge is 0.0653 e. The maximum atomic E-state index is 3.79. The van der Waals surface area contributed by atoms with E-state index in [1.165, 1.54) is 31.4 Å². The first kappa shape index (κ1) is 9.85. The lowest BCUT2D eigenvalue weighted by Gasteiger charge is -2.42. The monoisotopic (exact) mass is 199 g/mol. The van der Waals surface area contributed by atoms with Crippen LogP contribution in [0.25, 0.3) is 0 Å². The van der Waals surface area contributed by atoms with Crippen molar-refractivity contribution in [3.63, 3.8) is 0 Å². The minimum atomic E-state index is 0.446. The summed E-state index contributed by atoms with van der Waals surface area (Å²) in [5.74, 6) is 1.30. The van der Waals surface area contributed by atoms with E-state index in [9.17, 15) is 0 Å². The standard InChI is InChI=1S/C11H21NS/c1-9-7-13-11(12-9)6-4-5-10(2,3)8-11/h9,12H,4-8H2,1-3H3. The maximum Gasteiger partial charge on any atom is 0.0653 e. The van der Waals surface area contributed by atoms with Crippen LogP contribution in [-0.2, 0) is 0 Å². The van der Waals surface area contributed by atoms with E-state index in [0.29, 0.717) is 10.3 Å². The highest BCUT2D eigenvalue weighted by molar-refractivity contribution is 8.00. The molecule has 1 saturated carbocycles. The van der Waals surface area contributed by atoms with Crippen LogP contribution in [0.2, 0.25) is 0 Å². The van der Waals surface area contributed by atoms with Crippen LogP contribution in [0, 0.1) is 5.41 Å². The maximum absolute atomic E-state index is 3.79. The number of rotatable bonds is 0. The number of nitrogens with one attached hydrogen (secondary N) is 1. The lowest BCUT2D eigenvalue weighted by molar-refractivity contribution is 0.180. The molecule has 1 nitrogen and oxygen atoms in total. The van der Waals surface area contributed by atoms with Gasteiger partial charge in [-0.1, -0.05) is 20.3 Å². The first-order valence-corrected chi connectivity index (χ1v) is 6.42. The Morgan fingerprint density at radius 1 is 1.31 bits per heavy atom. The van der Waals surface area contributed by atoms with E-state index in [0.717, 1.165) is 6.04 Å². The van der Waals surface area contributed by atoms with E-state index in [2.05, 4.69) is 37.8 Å². The van der Waals surface area contributed by atoms with Gasteiger partial charge in [-0.3, -0.25) is 5.32 Å². The Bertz CT molecular complexity index is 198. The number of thioether (sulfide) groups is 1. The minimum absolute atomic E-state index is 0.446. The van der Waals surface area contributed by atoms with Crippen LogP contribution in [0.3, 0.4) is 0 Å². The van der Waals surface area contributed by atoms with Gasteiger partial charge in [-0.15, -0.1) is 11.8 Å². The molecule has 1 heterocycles. The van der Waals surface area contributed by atoms with E-state index in [-0.39, 0.29) is 0 Å². The van der Waals surface area contributed by atoms with Crippen molar-refractivity contribution in [3.8, 4) is 0 Å². The van der Waals surface area contributed by atoms with Crippen molar-refractivity contribution in [2.75, 3.05) is 5.75 Å². The van der Waals surface area contributed by atoms with Gasteiger partial charge in [0, 0.05) is 11.8 Å². The zero-order valence-corrected chi connectivity index (χ0v) is 9.84. The summed E-state index contributed by atoms with van der Waals surface area (Å²) in [4.78, 5) is 0.446. The van der Waals surface area contributed by atoms with E-state index >= 15 is 0 Å². The lowest BCUT2D eigenvalue weighted by atomic mass is 9.74. The number of hydrogen-bond acceptors (Lipinski definition) is 2. The van der Waals surface area contributed by atoms with Gasteiger partial charge < -0.3 is 0 Å². The summed E-state index contributed by atoms with van der Waals surface area (Å²) >= 11 is 2.16. The Morgan fingerprint density at radius 3 is 2.62 bits per heavy atom. The van der Waals surface area contributed by atoms with Crippen LogP contribution in [0.4, 0.5) is 0 Å². The topological polar surface area (TPSA) is 12.0 Å². The first-order valence-electron chi connectivity index (χ1n) is 5.43. The van der Waals surface area contributed by atoms with Gasteiger partial charge >= 0.3 is 0 Å². The second kappa shape index (κ2) is 3.16. The highest BCUT2D eigenvalue weighted by Crippen LogP contribution is 2.48. The molecule has 1 aliphatic carbocycles. The molecule has 2 unspecified atom stereocenters. The van der Waals surface area contributed by atoms with Crippen LogP contribution in [0.1, 0.15) is 46.5 Å². The predicted octanol–water partition coefficient (Wildman–Crippen LogP) is 3.01. The van der Waals surface area contributed by atoms with E-state index < -0.39 is 0 Å². The molecule has 13 heavy (non-hydrogen) atoms. The van der Waals surface area contributed by atoms with Crippen molar-refractivity contribution in [2.24, 2.45) is 5.41 Å². The van der Waals surface area contributed by atoms with Gasteiger partial charge in [-0.25, -0.2) is 0 Å². The molecule has 2 fully saturated rings. The molecule has 2 rings (SSSR count). The quantitative estimate of drug-likeness (QED) is 0.643. The third-order valence-corrected chi connectivity index (χ3v) is 5.00. The van der Waals surface area contributed by atoms with Crippen molar-refractivity contribution in [1.82, 2.24) is 5.32 Å². The SMILES string of the molecule is CC1CSC2(CCCC(C)(C)C2)N1. The van der Waals surface area contributed by atoms with E-state index in [1.54, 1.807) is 0 Å². The largest absolute Gasteiger partial charge is 0.299 e. The minimum Gasteiger partial charge on any atom is -0.299 e. The normalized spacial score (nSPS) is 44.1. The van der Waals surface area contributed by atoms with E-state index in [4.69, 9.17) is 0 Å². The van der Waals surface area contributed by atoms with Gasteiger partial charge in [0.05, 0.1) is 4.87 Å². The fraction of sp³-hybridized carbons (Fsp3) is 1.00. The summed E-state index contributed by atoms with van der Waals surface area (Å²) in [6, 6.07) is 0.721. The van der Waals surface area contributed by atoms with Crippen LogP contribution in [0.5, 0.6) is 0 Å². The molecule has 1 N–H and O–H groups in total. The highest BCUT2D eigenvalue weighted by atomic mass is 32.2. The molecule has 1 saturated heterocycles. The van der Waals surface area contributed by atoms with Gasteiger partial charge in [-0.05, 0) is 31.6 Å². The average molecular weight is 199 g/mol. The van der Waals surface area contributed by atoms with E-state index in [1.807, 2.05) is 0 Å². The summed E-state index contributed by atoms with van der Waals surface area (Å²) < 4.78 is 0. The lowest BCUT2D eigenvalue weighted by Crippen LogP contribution is -2.46. The Morgan fingerprint density at radius 2 is 2.08 bits per heavy atom.